The number of aromatic nitrogens is 2. The predicted octanol–water partition coefficient (Wildman–Crippen LogP) is 3.49. The predicted molar refractivity (Wildman–Crippen MR) is 78.3 cm³/mol. The second-order valence-corrected chi connectivity index (χ2v) is 6.04. The normalized spacial score (nSPS) is 11.6. The average molecular weight is 277 g/mol. The van der Waals surface area contributed by atoms with Crippen LogP contribution in [0.1, 0.15) is 31.9 Å². The van der Waals surface area contributed by atoms with Crippen molar-refractivity contribution in [3.63, 3.8) is 0 Å². The Morgan fingerprint density at radius 2 is 1.74 bits per heavy atom. The molecular formula is C15H17ClN2O. The molecule has 2 aromatic rings. The standard InChI is InChI=1S/C15H17ClN2O/c1-10-13(16)9-17-18(14(10)19)12-7-5-11(6-8-12)15(2,3)4/h5-9H,1-4H3. The van der Waals surface area contributed by atoms with Crippen LogP contribution < -0.4 is 5.56 Å². The van der Waals surface area contributed by atoms with Crippen LogP contribution in [0.4, 0.5) is 0 Å². The number of hydrogen-bond acceptors (Lipinski definition) is 2. The molecule has 0 fully saturated rings. The van der Waals surface area contributed by atoms with Crippen molar-refractivity contribution in [3.05, 3.63) is 57.0 Å². The first kappa shape index (κ1) is 13.8. The molecule has 0 amide bonds. The third kappa shape index (κ3) is 2.71. The van der Waals surface area contributed by atoms with Crippen molar-refractivity contribution < 1.29 is 0 Å². The topological polar surface area (TPSA) is 34.9 Å². The monoisotopic (exact) mass is 276 g/mol. The molecule has 4 heteroatoms. The minimum atomic E-state index is -0.184. The molecule has 0 bridgehead atoms. The van der Waals surface area contributed by atoms with E-state index in [-0.39, 0.29) is 11.0 Å². The summed E-state index contributed by atoms with van der Waals surface area (Å²) in [7, 11) is 0. The number of rotatable bonds is 1. The molecule has 3 nitrogen and oxygen atoms in total. The van der Waals surface area contributed by atoms with E-state index in [1.54, 1.807) is 6.92 Å². The van der Waals surface area contributed by atoms with Gasteiger partial charge in [-0.2, -0.15) is 9.78 Å². The first-order chi connectivity index (χ1) is 8.80. The van der Waals surface area contributed by atoms with Gasteiger partial charge in [0.25, 0.3) is 5.56 Å². The molecule has 1 aromatic heterocycles. The van der Waals surface area contributed by atoms with E-state index in [4.69, 9.17) is 11.6 Å². The van der Waals surface area contributed by atoms with Crippen LogP contribution in [0.5, 0.6) is 0 Å². The van der Waals surface area contributed by atoms with Gasteiger partial charge in [-0.1, -0.05) is 44.5 Å². The zero-order chi connectivity index (χ0) is 14.2. The maximum atomic E-state index is 12.1. The van der Waals surface area contributed by atoms with E-state index < -0.39 is 0 Å². The molecular weight excluding hydrogens is 260 g/mol. The lowest BCUT2D eigenvalue weighted by atomic mass is 9.87. The zero-order valence-electron chi connectivity index (χ0n) is 11.6. The van der Waals surface area contributed by atoms with Crippen molar-refractivity contribution in [3.8, 4) is 5.69 Å². The molecule has 1 aromatic carbocycles. The van der Waals surface area contributed by atoms with Gasteiger partial charge in [0.1, 0.15) is 0 Å². The Labute approximate surface area is 117 Å². The molecule has 0 spiro atoms. The number of hydrogen-bond donors (Lipinski definition) is 0. The summed E-state index contributed by atoms with van der Waals surface area (Å²) in [6, 6.07) is 7.85. The number of nitrogens with zero attached hydrogens (tertiary/aromatic N) is 2. The van der Waals surface area contributed by atoms with E-state index in [0.29, 0.717) is 10.6 Å². The Kier molecular flexibility index (Phi) is 3.50. The average Bonchev–Trinajstić information content (AvgIpc) is 2.35. The molecule has 0 atom stereocenters. The van der Waals surface area contributed by atoms with E-state index in [2.05, 4.69) is 25.9 Å². The molecule has 19 heavy (non-hydrogen) atoms. The van der Waals surface area contributed by atoms with Crippen LogP contribution in [-0.2, 0) is 5.41 Å². The van der Waals surface area contributed by atoms with E-state index >= 15 is 0 Å². The highest BCUT2D eigenvalue weighted by Gasteiger charge is 2.14. The van der Waals surface area contributed by atoms with Crippen molar-refractivity contribution in [2.75, 3.05) is 0 Å². The molecule has 0 saturated carbocycles. The van der Waals surface area contributed by atoms with Gasteiger partial charge >= 0.3 is 0 Å². The summed E-state index contributed by atoms with van der Waals surface area (Å²) in [6.07, 6.45) is 1.50. The summed E-state index contributed by atoms with van der Waals surface area (Å²) in [5.41, 5.74) is 2.38. The summed E-state index contributed by atoms with van der Waals surface area (Å²) in [5, 5.41) is 4.47. The van der Waals surface area contributed by atoms with Crippen LogP contribution in [0.15, 0.2) is 35.3 Å². The molecule has 100 valence electrons. The largest absolute Gasteiger partial charge is 0.275 e. The summed E-state index contributed by atoms with van der Waals surface area (Å²) in [4.78, 5) is 12.1. The highest BCUT2D eigenvalue weighted by Crippen LogP contribution is 2.22. The van der Waals surface area contributed by atoms with Crippen LogP contribution >= 0.6 is 11.6 Å². The Morgan fingerprint density at radius 1 is 1.16 bits per heavy atom. The number of benzene rings is 1. The van der Waals surface area contributed by atoms with E-state index in [1.807, 2.05) is 24.3 Å². The highest BCUT2D eigenvalue weighted by molar-refractivity contribution is 6.31. The zero-order valence-corrected chi connectivity index (χ0v) is 12.3. The van der Waals surface area contributed by atoms with Crippen LogP contribution in [-0.4, -0.2) is 9.78 Å². The van der Waals surface area contributed by atoms with Crippen molar-refractivity contribution >= 4 is 11.6 Å². The molecule has 0 N–H and O–H groups in total. The first-order valence-corrected chi connectivity index (χ1v) is 6.54. The van der Waals surface area contributed by atoms with Gasteiger partial charge in [0, 0.05) is 5.56 Å². The lowest BCUT2D eigenvalue weighted by Crippen LogP contribution is -2.23. The van der Waals surface area contributed by atoms with Crippen LogP contribution in [0.25, 0.3) is 5.69 Å². The fraction of sp³-hybridized carbons (Fsp3) is 0.333. The summed E-state index contributed by atoms with van der Waals surface area (Å²) in [6.45, 7) is 8.16. The van der Waals surface area contributed by atoms with Gasteiger partial charge in [-0.3, -0.25) is 4.79 Å². The molecule has 0 radical (unpaired) electrons. The van der Waals surface area contributed by atoms with Gasteiger partial charge in [-0.25, -0.2) is 0 Å². The second kappa shape index (κ2) is 4.82. The minimum absolute atomic E-state index is 0.0901. The fourth-order valence-corrected chi connectivity index (χ4v) is 1.93. The molecule has 0 aliphatic rings. The quantitative estimate of drug-likeness (QED) is 0.799. The highest BCUT2D eigenvalue weighted by atomic mass is 35.5. The smallest absolute Gasteiger partial charge is 0.267 e. The molecule has 0 saturated heterocycles. The van der Waals surface area contributed by atoms with Gasteiger partial charge in [-0.15, -0.1) is 0 Å². The number of halogens is 1. The van der Waals surface area contributed by atoms with E-state index in [1.165, 1.54) is 16.4 Å². The Hall–Kier alpha value is -1.61. The van der Waals surface area contributed by atoms with Crippen LogP contribution in [0.3, 0.4) is 0 Å². The Morgan fingerprint density at radius 3 is 2.26 bits per heavy atom. The summed E-state index contributed by atoms with van der Waals surface area (Å²) < 4.78 is 1.37. The van der Waals surface area contributed by atoms with E-state index in [0.717, 1.165) is 5.69 Å². The third-order valence-corrected chi connectivity index (χ3v) is 3.52. The Bertz CT molecular complexity index is 651. The fourth-order valence-electron chi connectivity index (χ4n) is 1.81. The lowest BCUT2D eigenvalue weighted by Gasteiger charge is -2.19. The molecule has 1 heterocycles. The summed E-state index contributed by atoms with van der Waals surface area (Å²) >= 11 is 5.88. The molecule has 2 rings (SSSR count). The Balaban J connectivity index is 2.50. The maximum absolute atomic E-state index is 12.1. The van der Waals surface area contributed by atoms with Crippen LogP contribution in [0, 0.1) is 6.92 Å². The van der Waals surface area contributed by atoms with Crippen molar-refractivity contribution in [1.29, 1.82) is 0 Å². The SMILES string of the molecule is Cc1c(Cl)cnn(-c2ccc(C(C)(C)C)cc2)c1=O. The van der Waals surface area contributed by atoms with Gasteiger partial charge in [-0.05, 0) is 30.0 Å². The minimum Gasteiger partial charge on any atom is -0.267 e. The molecule has 0 aliphatic heterocycles. The lowest BCUT2D eigenvalue weighted by molar-refractivity contribution is 0.590. The molecule has 0 aliphatic carbocycles. The van der Waals surface area contributed by atoms with Gasteiger partial charge in [0.2, 0.25) is 0 Å². The van der Waals surface area contributed by atoms with Gasteiger partial charge in [0.05, 0.1) is 16.9 Å². The third-order valence-electron chi connectivity index (χ3n) is 3.14. The van der Waals surface area contributed by atoms with Crippen LogP contribution in [0.2, 0.25) is 5.02 Å². The van der Waals surface area contributed by atoms with Crippen molar-refractivity contribution in [1.82, 2.24) is 9.78 Å². The first-order valence-electron chi connectivity index (χ1n) is 6.16. The second-order valence-electron chi connectivity index (χ2n) is 5.63. The molecule has 0 unspecified atom stereocenters. The van der Waals surface area contributed by atoms with Gasteiger partial charge in [0.15, 0.2) is 0 Å². The maximum Gasteiger partial charge on any atom is 0.275 e. The van der Waals surface area contributed by atoms with Crippen molar-refractivity contribution in [2.45, 2.75) is 33.1 Å². The van der Waals surface area contributed by atoms with Crippen molar-refractivity contribution in [2.24, 2.45) is 0 Å². The van der Waals surface area contributed by atoms with E-state index in [9.17, 15) is 4.79 Å². The van der Waals surface area contributed by atoms with Gasteiger partial charge < -0.3 is 0 Å². The summed E-state index contributed by atoms with van der Waals surface area (Å²) in [5.74, 6) is 0.